The van der Waals surface area contributed by atoms with E-state index in [9.17, 15) is 9.90 Å². The van der Waals surface area contributed by atoms with Gasteiger partial charge in [0.2, 0.25) is 0 Å². The summed E-state index contributed by atoms with van der Waals surface area (Å²) in [6, 6.07) is 5.28. The molecule has 0 radical (unpaired) electrons. The molecule has 0 aliphatic heterocycles. The molecule has 88 valence electrons. The van der Waals surface area contributed by atoms with Crippen LogP contribution in [0.1, 0.15) is 17.3 Å². The van der Waals surface area contributed by atoms with Crippen molar-refractivity contribution in [2.75, 3.05) is 18.5 Å². The Morgan fingerprint density at radius 1 is 1.56 bits per heavy atom. The van der Waals surface area contributed by atoms with E-state index >= 15 is 0 Å². The third kappa shape index (κ3) is 3.59. The summed E-state index contributed by atoms with van der Waals surface area (Å²) in [6.45, 7) is 1.38. The number of hydrogen-bond acceptors (Lipinski definition) is 4. The highest BCUT2D eigenvalue weighted by Gasteiger charge is 2.09. The van der Waals surface area contributed by atoms with Crippen LogP contribution in [0.25, 0.3) is 0 Å². The summed E-state index contributed by atoms with van der Waals surface area (Å²) < 4.78 is 0.825. The summed E-state index contributed by atoms with van der Waals surface area (Å²) in [5.74, 6) is -0.0534. The number of benzene rings is 1. The molecule has 0 heterocycles. The Morgan fingerprint density at radius 3 is 2.81 bits per heavy atom. The molecular weight excluding hydrogens is 274 g/mol. The lowest BCUT2D eigenvalue weighted by molar-refractivity contribution is 0.101. The van der Waals surface area contributed by atoms with Gasteiger partial charge in [-0.05, 0) is 25.1 Å². The van der Waals surface area contributed by atoms with Crippen molar-refractivity contribution in [3.8, 4) is 0 Å². The van der Waals surface area contributed by atoms with Crippen LogP contribution in [-0.4, -0.2) is 35.3 Å². The van der Waals surface area contributed by atoms with Crippen LogP contribution in [0.5, 0.6) is 0 Å². The number of halogens is 1. The monoisotopic (exact) mass is 287 g/mol. The van der Waals surface area contributed by atoms with Gasteiger partial charge in [-0.1, -0.05) is 15.9 Å². The minimum atomic E-state index is -0.830. The maximum atomic E-state index is 11.4. The van der Waals surface area contributed by atoms with Gasteiger partial charge < -0.3 is 15.5 Å². The lowest BCUT2D eigenvalue weighted by Gasteiger charge is -2.13. The van der Waals surface area contributed by atoms with Gasteiger partial charge in [0.15, 0.2) is 5.78 Å². The Balaban J connectivity index is 2.82. The number of Topliss-reactive ketones (excluding diaryl/α,β-unsaturated/α-hetero) is 1. The Morgan fingerprint density at radius 2 is 2.25 bits per heavy atom. The van der Waals surface area contributed by atoms with Crippen molar-refractivity contribution >= 4 is 27.4 Å². The molecule has 0 spiro atoms. The first-order valence-corrected chi connectivity index (χ1v) is 5.67. The molecule has 4 nitrogen and oxygen atoms in total. The molecule has 0 aliphatic carbocycles. The summed E-state index contributed by atoms with van der Waals surface area (Å²) >= 11 is 3.29. The fourth-order valence-electron chi connectivity index (χ4n) is 1.25. The zero-order valence-corrected chi connectivity index (χ0v) is 10.5. The lowest BCUT2D eigenvalue weighted by atomic mass is 10.1. The number of rotatable bonds is 5. The van der Waals surface area contributed by atoms with E-state index in [1.54, 1.807) is 18.2 Å². The molecule has 1 rings (SSSR count). The quantitative estimate of drug-likeness (QED) is 0.717. The van der Waals surface area contributed by atoms with Crippen molar-refractivity contribution < 1.29 is 15.0 Å². The highest BCUT2D eigenvalue weighted by atomic mass is 79.9. The first-order valence-electron chi connectivity index (χ1n) is 4.88. The molecule has 0 bridgehead atoms. The maximum absolute atomic E-state index is 11.4. The summed E-state index contributed by atoms with van der Waals surface area (Å²) in [4.78, 5) is 11.4. The summed E-state index contributed by atoms with van der Waals surface area (Å²) in [7, 11) is 0. The molecule has 0 fully saturated rings. The molecule has 1 atom stereocenters. The van der Waals surface area contributed by atoms with Crippen LogP contribution in [0.3, 0.4) is 0 Å². The summed E-state index contributed by atoms with van der Waals surface area (Å²) in [5, 5.41) is 20.8. The van der Waals surface area contributed by atoms with Crippen LogP contribution in [0.4, 0.5) is 5.69 Å². The second kappa shape index (κ2) is 5.98. The average Bonchev–Trinajstić information content (AvgIpc) is 2.26. The number of nitrogens with one attached hydrogen (secondary N) is 1. The van der Waals surface area contributed by atoms with Gasteiger partial charge in [0, 0.05) is 22.3 Å². The molecule has 1 unspecified atom stereocenters. The van der Waals surface area contributed by atoms with E-state index in [0.29, 0.717) is 11.3 Å². The van der Waals surface area contributed by atoms with Crippen LogP contribution in [0.2, 0.25) is 0 Å². The van der Waals surface area contributed by atoms with Gasteiger partial charge >= 0.3 is 0 Å². The number of hydrogen-bond donors (Lipinski definition) is 3. The molecule has 5 heteroatoms. The van der Waals surface area contributed by atoms with Gasteiger partial charge in [0.1, 0.15) is 0 Å². The van der Waals surface area contributed by atoms with E-state index in [2.05, 4.69) is 21.2 Å². The highest BCUT2D eigenvalue weighted by molar-refractivity contribution is 9.10. The number of aliphatic hydroxyl groups is 2. The molecule has 1 aromatic rings. The Kier molecular flexibility index (Phi) is 4.92. The van der Waals surface area contributed by atoms with Gasteiger partial charge in [-0.15, -0.1) is 0 Å². The largest absolute Gasteiger partial charge is 0.394 e. The van der Waals surface area contributed by atoms with Gasteiger partial charge in [-0.25, -0.2) is 0 Å². The van der Waals surface area contributed by atoms with Gasteiger partial charge in [-0.2, -0.15) is 0 Å². The number of aliphatic hydroxyl groups excluding tert-OH is 2. The first kappa shape index (κ1) is 13.2. The van der Waals surface area contributed by atoms with Crippen molar-refractivity contribution in [3.05, 3.63) is 28.2 Å². The van der Waals surface area contributed by atoms with Crippen LogP contribution in [0, 0.1) is 0 Å². The molecule has 1 aromatic carbocycles. The van der Waals surface area contributed by atoms with Crippen LogP contribution >= 0.6 is 15.9 Å². The van der Waals surface area contributed by atoms with Crippen LogP contribution in [-0.2, 0) is 0 Å². The number of ketones is 1. The third-order valence-corrected chi connectivity index (χ3v) is 2.59. The first-order chi connectivity index (χ1) is 7.54. The maximum Gasteiger partial charge on any atom is 0.161 e. The van der Waals surface area contributed by atoms with Crippen molar-refractivity contribution in [2.24, 2.45) is 0 Å². The van der Waals surface area contributed by atoms with Gasteiger partial charge in [-0.3, -0.25) is 4.79 Å². The Labute approximate surface area is 102 Å². The van der Waals surface area contributed by atoms with Gasteiger partial charge in [0.25, 0.3) is 0 Å². The predicted octanol–water partition coefficient (Wildman–Crippen LogP) is 1.42. The highest BCUT2D eigenvalue weighted by Crippen LogP contribution is 2.21. The average molecular weight is 288 g/mol. The van der Waals surface area contributed by atoms with Crippen molar-refractivity contribution in [1.29, 1.82) is 0 Å². The zero-order chi connectivity index (χ0) is 12.1. The van der Waals surface area contributed by atoms with E-state index in [4.69, 9.17) is 5.11 Å². The number of carbonyl (C=O) groups excluding carboxylic acids is 1. The van der Waals surface area contributed by atoms with E-state index in [0.717, 1.165) is 4.47 Å². The minimum Gasteiger partial charge on any atom is -0.394 e. The van der Waals surface area contributed by atoms with Crippen LogP contribution in [0.15, 0.2) is 22.7 Å². The molecule has 0 aliphatic rings. The fraction of sp³-hybridized carbons (Fsp3) is 0.364. The molecule has 0 saturated carbocycles. The van der Waals surface area contributed by atoms with Crippen molar-refractivity contribution in [3.63, 3.8) is 0 Å². The summed E-state index contributed by atoms with van der Waals surface area (Å²) in [5.41, 5.74) is 1.21. The van der Waals surface area contributed by atoms with Crippen LogP contribution < -0.4 is 5.32 Å². The molecule has 3 N–H and O–H groups in total. The zero-order valence-electron chi connectivity index (χ0n) is 8.90. The second-order valence-electron chi connectivity index (χ2n) is 3.46. The van der Waals surface area contributed by atoms with Crippen molar-refractivity contribution in [1.82, 2.24) is 0 Å². The molecule has 0 amide bonds. The molecule has 0 aromatic heterocycles. The normalized spacial score (nSPS) is 12.2. The minimum absolute atomic E-state index is 0.0534. The standard InChI is InChI=1S/C11H14BrNO3/c1-7(15)10-4-8(12)2-3-11(10)13-5-9(16)6-14/h2-4,9,13-14,16H,5-6H2,1H3. The Bertz CT molecular complexity index is 381. The summed E-state index contributed by atoms with van der Waals surface area (Å²) in [6.07, 6.45) is -0.830. The Hall–Kier alpha value is -0.910. The molecular formula is C11H14BrNO3. The SMILES string of the molecule is CC(=O)c1cc(Br)ccc1NCC(O)CO. The smallest absolute Gasteiger partial charge is 0.161 e. The third-order valence-electron chi connectivity index (χ3n) is 2.10. The fourth-order valence-corrected chi connectivity index (χ4v) is 1.62. The van der Waals surface area contributed by atoms with E-state index in [-0.39, 0.29) is 18.9 Å². The number of carbonyl (C=O) groups is 1. The van der Waals surface area contributed by atoms with E-state index in [1.165, 1.54) is 6.92 Å². The van der Waals surface area contributed by atoms with E-state index < -0.39 is 6.10 Å². The number of anilines is 1. The van der Waals surface area contributed by atoms with Gasteiger partial charge in [0.05, 0.1) is 12.7 Å². The van der Waals surface area contributed by atoms with Crippen molar-refractivity contribution in [2.45, 2.75) is 13.0 Å². The topological polar surface area (TPSA) is 69.6 Å². The van der Waals surface area contributed by atoms with E-state index in [1.807, 2.05) is 0 Å². The predicted molar refractivity (Wildman–Crippen MR) is 65.7 cm³/mol. The molecule has 0 saturated heterocycles. The molecule has 16 heavy (non-hydrogen) atoms. The lowest BCUT2D eigenvalue weighted by Crippen LogP contribution is -2.23. The second-order valence-corrected chi connectivity index (χ2v) is 4.38.